The van der Waals surface area contributed by atoms with Crippen LogP contribution in [0.3, 0.4) is 0 Å². The van der Waals surface area contributed by atoms with Gasteiger partial charge in [-0.25, -0.2) is 4.79 Å². The van der Waals surface area contributed by atoms with Crippen molar-refractivity contribution in [2.45, 2.75) is 19.4 Å². The summed E-state index contributed by atoms with van der Waals surface area (Å²) < 4.78 is 9.92. The van der Waals surface area contributed by atoms with Crippen LogP contribution in [-0.2, 0) is 19.1 Å². The van der Waals surface area contributed by atoms with Crippen molar-refractivity contribution in [1.29, 1.82) is 0 Å². The molecule has 0 aromatic heterocycles. The van der Waals surface area contributed by atoms with E-state index in [2.05, 4.69) is 5.16 Å². The molecule has 0 aliphatic carbocycles. The summed E-state index contributed by atoms with van der Waals surface area (Å²) in [5, 5.41) is 3.94. The molecule has 0 unspecified atom stereocenters. The third kappa shape index (κ3) is 3.54. The van der Waals surface area contributed by atoms with Gasteiger partial charge in [0.05, 0.1) is 20.3 Å². The predicted molar refractivity (Wildman–Crippen MR) is 70.0 cm³/mol. The fourth-order valence-corrected chi connectivity index (χ4v) is 1.74. The summed E-state index contributed by atoms with van der Waals surface area (Å²) in [4.78, 5) is 17.1. The van der Waals surface area contributed by atoms with Crippen LogP contribution >= 0.6 is 0 Å². The Hall–Kier alpha value is -1.88. The SMILES string of the molecule is COC(=O)/C(=N/O[C@@H]1CCOC1)c1ccc(C)cc1. The van der Waals surface area contributed by atoms with E-state index in [1.807, 2.05) is 31.2 Å². The lowest BCUT2D eigenvalue weighted by molar-refractivity contribution is -0.132. The highest BCUT2D eigenvalue weighted by atomic mass is 16.7. The van der Waals surface area contributed by atoms with Gasteiger partial charge in [-0.05, 0) is 6.92 Å². The number of carbonyl (C=O) groups is 1. The van der Waals surface area contributed by atoms with Gasteiger partial charge in [0.15, 0.2) is 11.8 Å². The molecular weight excluding hydrogens is 246 g/mol. The lowest BCUT2D eigenvalue weighted by Gasteiger charge is -2.08. The molecule has 102 valence electrons. The zero-order chi connectivity index (χ0) is 13.7. The van der Waals surface area contributed by atoms with Crippen LogP contribution in [0, 0.1) is 6.92 Å². The summed E-state index contributed by atoms with van der Waals surface area (Å²) in [6.45, 7) is 3.15. The third-order valence-corrected chi connectivity index (χ3v) is 2.88. The Morgan fingerprint density at radius 1 is 1.37 bits per heavy atom. The number of aryl methyl sites for hydroxylation is 1. The van der Waals surface area contributed by atoms with Crippen molar-refractivity contribution in [3.8, 4) is 0 Å². The molecule has 5 heteroatoms. The van der Waals surface area contributed by atoms with E-state index >= 15 is 0 Å². The van der Waals surface area contributed by atoms with Crippen LogP contribution in [0.5, 0.6) is 0 Å². The molecule has 0 radical (unpaired) electrons. The molecule has 2 rings (SSSR count). The second-order valence-electron chi connectivity index (χ2n) is 4.39. The Balaban J connectivity index is 2.17. The first kappa shape index (κ1) is 13.5. The van der Waals surface area contributed by atoms with E-state index in [4.69, 9.17) is 14.3 Å². The topological polar surface area (TPSA) is 57.1 Å². The molecule has 5 nitrogen and oxygen atoms in total. The molecule has 0 bridgehead atoms. The molecule has 0 N–H and O–H groups in total. The maximum Gasteiger partial charge on any atom is 0.360 e. The number of hydrogen-bond acceptors (Lipinski definition) is 5. The van der Waals surface area contributed by atoms with E-state index in [-0.39, 0.29) is 11.8 Å². The number of methoxy groups -OCH3 is 1. The van der Waals surface area contributed by atoms with Gasteiger partial charge < -0.3 is 14.3 Å². The van der Waals surface area contributed by atoms with Crippen molar-refractivity contribution in [3.63, 3.8) is 0 Å². The van der Waals surface area contributed by atoms with Gasteiger partial charge in [0.1, 0.15) is 0 Å². The highest BCUT2D eigenvalue weighted by molar-refractivity contribution is 6.43. The molecule has 0 saturated carbocycles. The Labute approximate surface area is 112 Å². The van der Waals surface area contributed by atoms with Gasteiger partial charge in [0.2, 0.25) is 0 Å². The van der Waals surface area contributed by atoms with Crippen molar-refractivity contribution in [1.82, 2.24) is 0 Å². The molecule has 1 aliphatic rings. The average Bonchev–Trinajstić information content (AvgIpc) is 2.93. The molecule has 0 spiro atoms. The number of nitrogens with zero attached hydrogens (tertiary/aromatic N) is 1. The number of oxime groups is 1. The van der Waals surface area contributed by atoms with Crippen LogP contribution in [0.1, 0.15) is 17.5 Å². The van der Waals surface area contributed by atoms with Crippen LogP contribution in [-0.4, -0.2) is 38.1 Å². The first-order valence-electron chi connectivity index (χ1n) is 6.17. The van der Waals surface area contributed by atoms with Gasteiger partial charge in [0, 0.05) is 12.0 Å². The van der Waals surface area contributed by atoms with E-state index < -0.39 is 5.97 Å². The standard InChI is InChI=1S/C14H17NO4/c1-10-3-5-11(6-4-10)13(14(16)17-2)15-19-12-7-8-18-9-12/h3-6,12H,7-9H2,1-2H3/b15-13+/t12-/m1/s1. The summed E-state index contributed by atoms with van der Waals surface area (Å²) >= 11 is 0. The van der Waals surface area contributed by atoms with E-state index in [1.54, 1.807) is 0 Å². The number of benzene rings is 1. The molecule has 1 heterocycles. The largest absolute Gasteiger partial charge is 0.464 e. The maximum absolute atomic E-state index is 11.7. The number of hydrogen-bond donors (Lipinski definition) is 0. The molecule has 1 aromatic rings. The lowest BCUT2D eigenvalue weighted by Crippen LogP contribution is -2.19. The summed E-state index contributed by atoms with van der Waals surface area (Å²) in [7, 11) is 1.32. The Bertz CT molecular complexity index is 461. The molecule has 1 atom stereocenters. The van der Waals surface area contributed by atoms with Gasteiger partial charge in [-0.1, -0.05) is 35.0 Å². The minimum absolute atomic E-state index is 0.0925. The smallest absolute Gasteiger partial charge is 0.360 e. The van der Waals surface area contributed by atoms with Crippen molar-refractivity contribution >= 4 is 11.7 Å². The second-order valence-corrected chi connectivity index (χ2v) is 4.39. The minimum Gasteiger partial charge on any atom is -0.464 e. The average molecular weight is 263 g/mol. The van der Waals surface area contributed by atoms with E-state index in [0.717, 1.165) is 12.0 Å². The summed E-state index contributed by atoms with van der Waals surface area (Å²) in [5.41, 5.74) is 1.96. The molecule has 1 aliphatic heterocycles. The van der Waals surface area contributed by atoms with Gasteiger partial charge in [-0.15, -0.1) is 0 Å². The fraction of sp³-hybridized carbons (Fsp3) is 0.429. The number of ether oxygens (including phenoxy) is 2. The molecule has 19 heavy (non-hydrogen) atoms. The summed E-state index contributed by atoms with van der Waals surface area (Å²) in [5.74, 6) is -0.511. The quantitative estimate of drug-likeness (QED) is 0.471. The Kier molecular flexibility index (Phi) is 4.52. The Morgan fingerprint density at radius 3 is 2.68 bits per heavy atom. The summed E-state index contributed by atoms with van der Waals surface area (Å²) in [6, 6.07) is 7.46. The van der Waals surface area contributed by atoms with E-state index in [9.17, 15) is 4.79 Å². The maximum atomic E-state index is 11.7. The van der Waals surface area contributed by atoms with Crippen LogP contribution < -0.4 is 0 Å². The predicted octanol–water partition coefficient (Wildman–Crippen LogP) is 1.68. The molecule has 1 fully saturated rings. The number of carbonyl (C=O) groups excluding carboxylic acids is 1. The first-order valence-corrected chi connectivity index (χ1v) is 6.17. The fourth-order valence-electron chi connectivity index (χ4n) is 1.74. The third-order valence-electron chi connectivity index (χ3n) is 2.88. The highest BCUT2D eigenvalue weighted by Gasteiger charge is 2.20. The molecule has 1 aromatic carbocycles. The van der Waals surface area contributed by atoms with Gasteiger partial charge in [-0.3, -0.25) is 0 Å². The number of rotatable bonds is 4. The van der Waals surface area contributed by atoms with Crippen LogP contribution in [0.2, 0.25) is 0 Å². The first-order chi connectivity index (χ1) is 9.20. The number of esters is 1. The zero-order valence-corrected chi connectivity index (χ0v) is 11.1. The van der Waals surface area contributed by atoms with E-state index in [1.165, 1.54) is 7.11 Å². The van der Waals surface area contributed by atoms with Crippen LogP contribution in [0.4, 0.5) is 0 Å². The molecule has 1 saturated heterocycles. The van der Waals surface area contributed by atoms with Crippen molar-refractivity contribution in [3.05, 3.63) is 35.4 Å². The van der Waals surface area contributed by atoms with Gasteiger partial charge >= 0.3 is 5.97 Å². The van der Waals surface area contributed by atoms with Crippen molar-refractivity contribution < 1.29 is 19.1 Å². The lowest BCUT2D eigenvalue weighted by atomic mass is 10.1. The van der Waals surface area contributed by atoms with E-state index in [0.29, 0.717) is 18.8 Å². The zero-order valence-electron chi connectivity index (χ0n) is 11.1. The molecule has 0 amide bonds. The normalized spacial score (nSPS) is 19.3. The monoisotopic (exact) mass is 263 g/mol. The van der Waals surface area contributed by atoms with Crippen LogP contribution in [0.15, 0.2) is 29.4 Å². The minimum atomic E-state index is -0.511. The van der Waals surface area contributed by atoms with Gasteiger partial charge in [-0.2, -0.15) is 0 Å². The van der Waals surface area contributed by atoms with Gasteiger partial charge in [0.25, 0.3) is 0 Å². The van der Waals surface area contributed by atoms with Crippen molar-refractivity contribution in [2.75, 3.05) is 20.3 Å². The van der Waals surface area contributed by atoms with Crippen molar-refractivity contribution in [2.24, 2.45) is 5.16 Å². The Morgan fingerprint density at radius 2 is 2.11 bits per heavy atom. The summed E-state index contributed by atoms with van der Waals surface area (Å²) in [6.07, 6.45) is 0.691. The van der Waals surface area contributed by atoms with Crippen LogP contribution in [0.25, 0.3) is 0 Å². The highest BCUT2D eigenvalue weighted by Crippen LogP contribution is 2.11. The molecular formula is C14H17NO4. The second kappa shape index (κ2) is 6.33.